The molecule has 0 fully saturated rings. The average molecular weight is 430 g/mol. The van der Waals surface area contributed by atoms with Crippen molar-refractivity contribution in [2.45, 2.75) is 24.7 Å². The van der Waals surface area contributed by atoms with Crippen LogP contribution in [0.2, 0.25) is 5.28 Å². The lowest BCUT2D eigenvalue weighted by Gasteiger charge is -2.09. The fourth-order valence-electron chi connectivity index (χ4n) is 2.87. The van der Waals surface area contributed by atoms with Gasteiger partial charge in [0.1, 0.15) is 16.5 Å². The molecule has 3 rings (SSSR count). The first-order chi connectivity index (χ1) is 13.9. The zero-order valence-corrected chi connectivity index (χ0v) is 17.6. The van der Waals surface area contributed by atoms with E-state index in [1.54, 1.807) is 24.3 Å². The number of halogens is 1. The number of hydrogen-bond donors (Lipinski definition) is 0. The molecular weight excluding hydrogens is 410 g/mol. The van der Waals surface area contributed by atoms with Gasteiger partial charge >= 0.3 is 0 Å². The number of benzene rings is 2. The van der Waals surface area contributed by atoms with Crippen LogP contribution in [0.3, 0.4) is 0 Å². The standard InChI is InChI=1S/C21H20ClN3O3S/c1-3-7-17-11-10-16(12-18(17)29(26,27)28-2)14-20-23-19(24-21(22)25-20)13-15-8-5-4-6-9-15/h3-12H,13-14H2,1-2H3/b7-3+. The molecule has 0 aliphatic carbocycles. The lowest BCUT2D eigenvalue weighted by atomic mass is 10.1. The zero-order valence-electron chi connectivity index (χ0n) is 16.0. The third-order valence-electron chi connectivity index (χ3n) is 4.18. The van der Waals surface area contributed by atoms with Gasteiger partial charge in [-0.3, -0.25) is 4.18 Å². The largest absolute Gasteiger partial charge is 0.297 e. The maximum Gasteiger partial charge on any atom is 0.297 e. The molecule has 0 spiro atoms. The molecule has 1 aromatic heterocycles. The van der Waals surface area contributed by atoms with Crippen LogP contribution in [0.25, 0.3) is 6.08 Å². The second-order valence-electron chi connectivity index (χ2n) is 6.27. The van der Waals surface area contributed by atoms with Crippen molar-refractivity contribution in [2.75, 3.05) is 7.11 Å². The molecule has 3 aromatic rings. The summed E-state index contributed by atoms with van der Waals surface area (Å²) < 4.78 is 29.3. The van der Waals surface area contributed by atoms with Gasteiger partial charge in [0, 0.05) is 12.8 Å². The first kappa shape index (κ1) is 21.1. The minimum Gasteiger partial charge on any atom is -0.270 e. The van der Waals surface area contributed by atoms with Crippen molar-refractivity contribution in [1.29, 1.82) is 0 Å². The number of nitrogens with zero attached hydrogens (tertiary/aromatic N) is 3. The van der Waals surface area contributed by atoms with Gasteiger partial charge in [0.2, 0.25) is 5.28 Å². The molecule has 8 heteroatoms. The average Bonchev–Trinajstić information content (AvgIpc) is 2.69. The molecule has 0 saturated carbocycles. The van der Waals surface area contributed by atoms with Crippen LogP contribution in [0, 0.1) is 0 Å². The summed E-state index contributed by atoms with van der Waals surface area (Å²) in [5.74, 6) is 1.02. The molecule has 0 N–H and O–H groups in total. The second-order valence-corrected chi connectivity index (χ2v) is 8.29. The van der Waals surface area contributed by atoms with Gasteiger partial charge in [0.15, 0.2) is 0 Å². The quantitative estimate of drug-likeness (QED) is 0.526. The van der Waals surface area contributed by atoms with E-state index in [1.807, 2.05) is 43.3 Å². The molecule has 6 nitrogen and oxygen atoms in total. The molecule has 29 heavy (non-hydrogen) atoms. The highest BCUT2D eigenvalue weighted by atomic mass is 35.5. The van der Waals surface area contributed by atoms with Gasteiger partial charge in [-0.05, 0) is 41.3 Å². The Hall–Kier alpha value is -2.61. The summed E-state index contributed by atoms with van der Waals surface area (Å²) in [7, 11) is -2.71. The van der Waals surface area contributed by atoms with Crippen molar-refractivity contribution in [2.24, 2.45) is 0 Å². The van der Waals surface area contributed by atoms with Gasteiger partial charge in [-0.2, -0.15) is 8.42 Å². The van der Waals surface area contributed by atoms with Gasteiger partial charge < -0.3 is 0 Å². The zero-order chi connectivity index (χ0) is 20.9. The van der Waals surface area contributed by atoms with Crippen molar-refractivity contribution in [3.05, 3.63) is 88.2 Å². The molecule has 0 radical (unpaired) electrons. The van der Waals surface area contributed by atoms with Crippen LogP contribution in [-0.2, 0) is 27.1 Å². The summed E-state index contributed by atoms with van der Waals surface area (Å²) in [6, 6.07) is 14.9. The van der Waals surface area contributed by atoms with E-state index in [2.05, 4.69) is 15.0 Å². The van der Waals surface area contributed by atoms with E-state index in [1.165, 1.54) is 0 Å². The molecule has 0 atom stereocenters. The van der Waals surface area contributed by atoms with E-state index >= 15 is 0 Å². The molecule has 0 unspecified atom stereocenters. The Morgan fingerprint density at radius 2 is 1.62 bits per heavy atom. The minimum absolute atomic E-state index is 0.0975. The van der Waals surface area contributed by atoms with E-state index in [-0.39, 0.29) is 10.2 Å². The number of allylic oxidation sites excluding steroid dienone is 1. The van der Waals surface area contributed by atoms with Crippen LogP contribution >= 0.6 is 11.6 Å². The fourth-order valence-corrected chi connectivity index (χ4v) is 3.96. The summed E-state index contributed by atoms with van der Waals surface area (Å²) >= 11 is 6.09. The van der Waals surface area contributed by atoms with Crippen LogP contribution < -0.4 is 0 Å². The monoisotopic (exact) mass is 429 g/mol. The van der Waals surface area contributed by atoms with Crippen molar-refractivity contribution >= 4 is 27.8 Å². The highest BCUT2D eigenvalue weighted by Crippen LogP contribution is 2.22. The van der Waals surface area contributed by atoms with Crippen LogP contribution in [0.5, 0.6) is 0 Å². The predicted octanol–water partition coefficient (Wildman–Crippen LogP) is 4.07. The molecule has 150 valence electrons. The van der Waals surface area contributed by atoms with E-state index in [4.69, 9.17) is 15.8 Å². The smallest absolute Gasteiger partial charge is 0.270 e. The first-order valence-electron chi connectivity index (χ1n) is 8.91. The molecule has 0 aliphatic rings. The summed E-state index contributed by atoms with van der Waals surface area (Å²) in [5.41, 5.74) is 2.34. The van der Waals surface area contributed by atoms with Crippen LogP contribution in [-0.4, -0.2) is 30.5 Å². The highest BCUT2D eigenvalue weighted by molar-refractivity contribution is 7.86. The molecule has 2 aromatic carbocycles. The number of hydrogen-bond acceptors (Lipinski definition) is 6. The normalized spacial score (nSPS) is 11.8. The van der Waals surface area contributed by atoms with E-state index in [9.17, 15) is 8.42 Å². The molecule has 0 amide bonds. The maximum absolute atomic E-state index is 12.3. The van der Waals surface area contributed by atoms with E-state index < -0.39 is 10.1 Å². The van der Waals surface area contributed by atoms with E-state index in [0.29, 0.717) is 30.1 Å². The Labute approximate surface area is 175 Å². The first-order valence-corrected chi connectivity index (χ1v) is 10.7. The van der Waals surface area contributed by atoms with Gasteiger partial charge in [-0.25, -0.2) is 15.0 Å². The Balaban J connectivity index is 1.92. The maximum atomic E-state index is 12.3. The van der Waals surface area contributed by atoms with E-state index in [0.717, 1.165) is 18.2 Å². The van der Waals surface area contributed by atoms with Crippen LogP contribution in [0.15, 0.2) is 59.5 Å². The third kappa shape index (κ3) is 5.47. The highest BCUT2D eigenvalue weighted by Gasteiger charge is 2.18. The molecule has 1 heterocycles. The van der Waals surface area contributed by atoms with Crippen molar-refractivity contribution < 1.29 is 12.6 Å². The Bertz CT molecular complexity index is 1130. The van der Waals surface area contributed by atoms with Gasteiger partial charge in [0.05, 0.1) is 7.11 Å². The Kier molecular flexibility index (Phi) is 6.74. The van der Waals surface area contributed by atoms with Gasteiger partial charge in [-0.15, -0.1) is 0 Å². The lowest BCUT2D eigenvalue weighted by molar-refractivity contribution is 0.397. The third-order valence-corrected chi connectivity index (χ3v) is 5.68. The number of rotatable bonds is 7. The molecule has 0 saturated heterocycles. The second kappa shape index (κ2) is 9.26. The summed E-state index contributed by atoms with van der Waals surface area (Å²) in [6.07, 6.45) is 4.32. The lowest BCUT2D eigenvalue weighted by Crippen LogP contribution is -2.08. The van der Waals surface area contributed by atoms with Gasteiger partial charge in [-0.1, -0.05) is 54.6 Å². The van der Waals surface area contributed by atoms with Crippen molar-refractivity contribution in [1.82, 2.24) is 15.0 Å². The Morgan fingerprint density at radius 3 is 2.24 bits per heavy atom. The summed E-state index contributed by atoms with van der Waals surface area (Å²) in [6.45, 7) is 1.82. The molecular formula is C21H20ClN3O3S. The Morgan fingerprint density at radius 1 is 0.966 bits per heavy atom. The summed E-state index contributed by atoms with van der Waals surface area (Å²) in [5, 5.41) is 0.108. The SMILES string of the molecule is C/C=C/c1ccc(Cc2nc(Cl)nc(Cc3ccccc3)n2)cc1S(=O)(=O)OC. The molecule has 0 aliphatic heterocycles. The van der Waals surface area contributed by atoms with Crippen LogP contribution in [0.1, 0.15) is 35.3 Å². The van der Waals surface area contributed by atoms with Crippen molar-refractivity contribution in [3.8, 4) is 0 Å². The topological polar surface area (TPSA) is 82.0 Å². The minimum atomic E-state index is -3.85. The fraction of sp³-hybridized carbons (Fsp3) is 0.190. The van der Waals surface area contributed by atoms with Crippen molar-refractivity contribution in [3.63, 3.8) is 0 Å². The molecule has 0 bridgehead atoms. The van der Waals surface area contributed by atoms with Crippen LogP contribution in [0.4, 0.5) is 0 Å². The predicted molar refractivity (Wildman–Crippen MR) is 112 cm³/mol. The van der Waals surface area contributed by atoms with Gasteiger partial charge in [0.25, 0.3) is 10.1 Å². The summed E-state index contributed by atoms with van der Waals surface area (Å²) in [4.78, 5) is 13.0. The number of aromatic nitrogens is 3.